The maximum absolute atomic E-state index is 10.9. The predicted octanol–water partition coefficient (Wildman–Crippen LogP) is 2.37. The van der Waals surface area contributed by atoms with E-state index >= 15 is 0 Å². The van der Waals surface area contributed by atoms with Crippen LogP contribution in [0.4, 0.5) is 5.69 Å². The number of rotatable bonds is 6. The van der Waals surface area contributed by atoms with E-state index in [2.05, 4.69) is 6.07 Å². The lowest BCUT2D eigenvalue weighted by Crippen LogP contribution is -2.33. The van der Waals surface area contributed by atoms with Gasteiger partial charge in [0.25, 0.3) is 5.69 Å². The second-order valence-corrected chi connectivity index (χ2v) is 4.36. The third-order valence-corrected chi connectivity index (χ3v) is 2.86. The first-order valence-corrected chi connectivity index (χ1v) is 5.89. The molecule has 0 amide bonds. The fourth-order valence-electron chi connectivity index (χ4n) is 1.78. The standard InChI is InChI=1S/C13H17N3O2/c1-11(2)15(10-8-14)9-7-12-5-3-4-6-13(12)16(17)18/h3-6,11H,7,9-10H2,1-2H3. The van der Waals surface area contributed by atoms with Crippen molar-refractivity contribution < 1.29 is 4.92 Å². The summed E-state index contributed by atoms with van der Waals surface area (Å²) < 4.78 is 0. The molecule has 0 aliphatic rings. The molecule has 0 aromatic heterocycles. The van der Waals surface area contributed by atoms with Crippen LogP contribution in [0.15, 0.2) is 24.3 Å². The molecule has 0 unspecified atom stereocenters. The monoisotopic (exact) mass is 247 g/mol. The minimum absolute atomic E-state index is 0.151. The second kappa shape index (κ2) is 6.72. The number of nitro groups is 1. The lowest BCUT2D eigenvalue weighted by molar-refractivity contribution is -0.385. The van der Waals surface area contributed by atoms with Crippen LogP contribution >= 0.6 is 0 Å². The first-order chi connectivity index (χ1) is 8.56. The second-order valence-electron chi connectivity index (χ2n) is 4.36. The highest BCUT2D eigenvalue weighted by atomic mass is 16.6. The van der Waals surface area contributed by atoms with E-state index in [0.29, 0.717) is 25.1 Å². The summed E-state index contributed by atoms with van der Waals surface area (Å²) in [4.78, 5) is 12.5. The quantitative estimate of drug-likeness (QED) is 0.439. The Morgan fingerprint density at radius 1 is 1.44 bits per heavy atom. The van der Waals surface area contributed by atoms with Crippen molar-refractivity contribution in [1.82, 2.24) is 4.90 Å². The Labute approximate surface area is 107 Å². The fourth-order valence-corrected chi connectivity index (χ4v) is 1.78. The summed E-state index contributed by atoms with van der Waals surface area (Å²) in [5.41, 5.74) is 0.865. The Hall–Kier alpha value is -1.93. The van der Waals surface area contributed by atoms with Crippen LogP contribution in [0.5, 0.6) is 0 Å². The molecule has 0 spiro atoms. The molecule has 0 aliphatic carbocycles. The van der Waals surface area contributed by atoms with Crippen LogP contribution in [0, 0.1) is 21.4 Å². The zero-order chi connectivity index (χ0) is 13.5. The van der Waals surface area contributed by atoms with Gasteiger partial charge in [-0.2, -0.15) is 5.26 Å². The van der Waals surface area contributed by atoms with Crippen molar-refractivity contribution in [3.63, 3.8) is 0 Å². The zero-order valence-electron chi connectivity index (χ0n) is 10.7. The smallest absolute Gasteiger partial charge is 0.272 e. The Kier molecular flexibility index (Phi) is 5.28. The Morgan fingerprint density at radius 3 is 2.67 bits per heavy atom. The molecule has 0 N–H and O–H groups in total. The Morgan fingerprint density at radius 2 is 2.11 bits per heavy atom. The van der Waals surface area contributed by atoms with Crippen molar-refractivity contribution in [3.05, 3.63) is 39.9 Å². The summed E-state index contributed by atoms with van der Waals surface area (Å²) >= 11 is 0. The average molecular weight is 247 g/mol. The highest BCUT2D eigenvalue weighted by Crippen LogP contribution is 2.18. The summed E-state index contributed by atoms with van der Waals surface area (Å²) in [5.74, 6) is 0. The van der Waals surface area contributed by atoms with Crippen molar-refractivity contribution in [2.75, 3.05) is 13.1 Å². The molecule has 0 aliphatic heterocycles. The minimum Gasteiger partial charge on any atom is -0.288 e. The molecule has 96 valence electrons. The molecule has 1 rings (SSSR count). The highest BCUT2D eigenvalue weighted by Gasteiger charge is 2.14. The molecule has 0 saturated carbocycles. The molecule has 0 radical (unpaired) electrons. The van der Waals surface area contributed by atoms with Crippen LogP contribution in [0.2, 0.25) is 0 Å². The third kappa shape index (κ3) is 3.82. The normalized spacial score (nSPS) is 10.6. The average Bonchev–Trinajstić information content (AvgIpc) is 2.34. The molecule has 0 bridgehead atoms. The Balaban J connectivity index is 2.73. The van der Waals surface area contributed by atoms with Crippen LogP contribution in [0.25, 0.3) is 0 Å². The lowest BCUT2D eigenvalue weighted by Gasteiger charge is -2.23. The number of para-hydroxylation sites is 1. The topological polar surface area (TPSA) is 70.2 Å². The number of nitro benzene ring substituents is 1. The van der Waals surface area contributed by atoms with Crippen LogP contribution in [0.1, 0.15) is 19.4 Å². The summed E-state index contributed by atoms with van der Waals surface area (Å²) in [6.45, 7) is 5.02. The van der Waals surface area contributed by atoms with Gasteiger partial charge in [0, 0.05) is 24.2 Å². The molecule has 5 heteroatoms. The molecule has 0 saturated heterocycles. The van der Waals surface area contributed by atoms with Crippen molar-refractivity contribution in [2.45, 2.75) is 26.3 Å². The van der Waals surface area contributed by atoms with Gasteiger partial charge in [-0.15, -0.1) is 0 Å². The van der Waals surface area contributed by atoms with Crippen LogP contribution in [-0.2, 0) is 6.42 Å². The van der Waals surface area contributed by atoms with Gasteiger partial charge in [-0.25, -0.2) is 0 Å². The minimum atomic E-state index is -0.362. The van der Waals surface area contributed by atoms with E-state index in [1.807, 2.05) is 18.7 Å². The van der Waals surface area contributed by atoms with E-state index in [1.165, 1.54) is 6.07 Å². The summed E-state index contributed by atoms with van der Waals surface area (Å²) in [6, 6.07) is 9.11. The van der Waals surface area contributed by atoms with Crippen LogP contribution in [0.3, 0.4) is 0 Å². The molecule has 0 atom stereocenters. The number of hydrogen-bond donors (Lipinski definition) is 0. The van der Waals surface area contributed by atoms with E-state index in [0.717, 1.165) is 0 Å². The van der Waals surface area contributed by atoms with Gasteiger partial charge in [0.05, 0.1) is 17.5 Å². The number of hydrogen-bond acceptors (Lipinski definition) is 4. The number of nitriles is 1. The molecule has 1 aromatic carbocycles. The summed E-state index contributed by atoms with van der Waals surface area (Å²) in [6.07, 6.45) is 0.580. The van der Waals surface area contributed by atoms with Crippen molar-refractivity contribution in [3.8, 4) is 6.07 Å². The lowest BCUT2D eigenvalue weighted by atomic mass is 10.1. The van der Waals surface area contributed by atoms with Gasteiger partial charge in [0.15, 0.2) is 0 Å². The third-order valence-electron chi connectivity index (χ3n) is 2.86. The SMILES string of the molecule is CC(C)N(CC#N)CCc1ccccc1[N+](=O)[O-]. The van der Waals surface area contributed by atoms with E-state index in [1.54, 1.807) is 18.2 Å². The molecule has 5 nitrogen and oxygen atoms in total. The van der Waals surface area contributed by atoms with E-state index in [-0.39, 0.29) is 16.7 Å². The summed E-state index contributed by atoms with van der Waals surface area (Å²) in [5, 5.41) is 19.6. The first-order valence-electron chi connectivity index (χ1n) is 5.89. The fraction of sp³-hybridized carbons (Fsp3) is 0.462. The zero-order valence-corrected chi connectivity index (χ0v) is 10.7. The number of benzene rings is 1. The summed E-state index contributed by atoms with van der Waals surface area (Å²) in [7, 11) is 0. The van der Waals surface area contributed by atoms with Gasteiger partial charge in [-0.05, 0) is 20.3 Å². The maximum Gasteiger partial charge on any atom is 0.272 e. The van der Waals surface area contributed by atoms with Crippen molar-refractivity contribution in [1.29, 1.82) is 5.26 Å². The van der Waals surface area contributed by atoms with Gasteiger partial charge >= 0.3 is 0 Å². The molecule has 18 heavy (non-hydrogen) atoms. The van der Waals surface area contributed by atoms with Gasteiger partial charge in [-0.3, -0.25) is 15.0 Å². The van der Waals surface area contributed by atoms with Gasteiger partial charge in [0.1, 0.15) is 0 Å². The van der Waals surface area contributed by atoms with Crippen LogP contribution in [-0.4, -0.2) is 29.0 Å². The van der Waals surface area contributed by atoms with Crippen molar-refractivity contribution in [2.24, 2.45) is 0 Å². The highest BCUT2D eigenvalue weighted by molar-refractivity contribution is 5.39. The Bertz CT molecular complexity index is 452. The van der Waals surface area contributed by atoms with Crippen LogP contribution < -0.4 is 0 Å². The molecule has 0 heterocycles. The van der Waals surface area contributed by atoms with Crippen molar-refractivity contribution >= 4 is 5.69 Å². The largest absolute Gasteiger partial charge is 0.288 e. The van der Waals surface area contributed by atoms with Gasteiger partial charge in [0.2, 0.25) is 0 Å². The predicted molar refractivity (Wildman–Crippen MR) is 69.1 cm³/mol. The van der Waals surface area contributed by atoms with E-state index < -0.39 is 0 Å². The number of nitrogens with zero attached hydrogens (tertiary/aromatic N) is 3. The van der Waals surface area contributed by atoms with Gasteiger partial charge < -0.3 is 0 Å². The van der Waals surface area contributed by atoms with E-state index in [4.69, 9.17) is 5.26 Å². The van der Waals surface area contributed by atoms with E-state index in [9.17, 15) is 10.1 Å². The molecular weight excluding hydrogens is 230 g/mol. The van der Waals surface area contributed by atoms with Gasteiger partial charge in [-0.1, -0.05) is 18.2 Å². The molecule has 0 fully saturated rings. The molecule has 1 aromatic rings. The molecular formula is C13H17N3O2. The maximum atomic E-state index is 10.9. The first kappa shape index (κ1) is 14.1.